The number of benzene rings is 2. The van der Waals surface area contributed by atoms with Crippen molar-refractivity contribution in [2.75, 3.05) is 0 Å². The molecule has 0 aliphatic rings. The van der Waals surface area contributed by atoms with E-state index in [1.54, 1.807) is 6.92 Å². The molecule has 0 aromatic heterocycles. The van der Waals surface area contributed by atoms with Gasteiger partial charge in [0.2, 0.25) is 0 Å². The Morgan fingerprint density at radius 3 is 2.81 bits per heavy atom. The highest BCUT2D eigenvalue weighted by molar-refractivity contribution is 6.07. The normalized spacial score (nSPS) is 10.0. The van der Waals surface area contributed by atoms with Gasteiger partial charge >= 0.3 is 0 Å². The average molecular weight is 209 g/mol. The molecule has 0 N–H and O–H groups in total. The Morgan fingerprint density at radius 2 is 2.12 bits per heavy atom. The van der Waals surface area contributed by atoms with Gasteiger partial charge in [-0.05, 0) is 23.3 Å². The lowest BCUT2D eigenvalue weighted by atomic mass is 9.99. The highest BCUT2D eigenvalue weighted by Crippen LogP contribution is 2.20. The quantitative estimate of drug-likeness (QED) is 0.713. The lowest BCUT2D eigenvalue weighted by Gasteiger charge is -2.04. The minimum atomic E-state index is 0.0682. The Balaban J connectivity index is 2.65. The predicted molar refractivity (Wildman–Crippen MR) is 63.3 cm³/mol. The van der Waals surface area contributed by atoms with Crippen molar-refractivity contribution in [3.63, 3.8) is 0 Å². The minimum Gasteiger partial charge on any atom is -0.294 e. The molecular formula is C14H11NO. The topological polar surface area (TPSA) is 40.9 Å². The van der Waals surface area contributed by atoms with Crippen molar-refractivity contribution in [3.8, 4) is 6.07 Å². The molecule has 0 aliphatic carbocycles. The maximum Gasteiger partial charge on any atom is 0.160 e. The number of nitrogens with zero attached hydrogens (tertiary/aromatic N) is 1. The molecule has 0 radical (unpaired) electrons. The number of ketones is 1. The molecule has 0 aliphatic heterocycles. The largest absolute Gasteiger partial charge is 0.294 e. The number of hydrogen-bond donors (Lipinski definition) is 0. The fraction of sp³-hybridized carbons (Fsp3) is 0.143. The second kappa shape index (κ2) is 4.16. The van der Waals surface area contributed by atoms with Crippen LogP contribution in [0.15, 0.2) is 36.4 Å². The predicted octanol–water partition coefficient (Wildman–Crippen LogP) is 3.11. The Hall–Kier alpha value is -2.14. The van der Waals surface area contributed by atoms with Gasteiger partial charge in [0, 0.05) is 5.56 Å². The summed E-state index contributed by atoms with van der Waals surface area (Å²) in [5.74, 6) is 0.0682. The van der Waals surface area contributed by atoms with E-state index in [9.17, 15) is 4.79 Å². The summed E-state index contributed by atoms with van der Waals surface area (Å²) in [6.07, 6.45) is 0.403. The molecule has 2 aromatic carbocycles. The molecule has 2 nitrogen and oxygen atoms in total. The Labute approximate surface area is 94.1 Å². The third kappa shape index (κ3) is 1.80. The van der Waals surface area contributed by atoms with E-state index >= 15 is 0 Å². The van der Waals surface area contributed by atoms with Gasteiger partial charge in [0.1, 0.15) is 0 Å². The molecule has 16 heavy (non-hydrogen) atoms. The first-order chi connectivity index (χ1) is 7.72. The van der Waals surface area contributed by atoms with Crippen molar-refractivity contribution in [1.29, 1.82) is 5.26 Å². The van der Waals surface area contributed by atoms with Crippen molar-refractivity contribution in [2.24, 2.45) is 0 Å². The molecular weight excluding hydrogens is 198 g/mol. The molecule has 78 valence electrons. The second-order valence-electron chi connectivity index (χ2n) is 3.75. The highest BCUT2D eigenvalue weighted by Gasteiger charge is 2.05. The molecule has 2 rings (SSSR count). The van der Waals surface area contributed by atoms with E-state index < -0.39 is 0 Å². The van der Waals surface area contributed by atoms with Crippen LogP contribution in [0.25, 0.3) is 10.8 Å². The summed E-state index contributed by atoms with van der Waals surface area (Å²) in [6.45, 7) is 1.57. The van der Waals surface area contributed by atoms with E-state index in [1.807, 2.05) is 36.4 Å². The summed E-state index contributed by atoms with van der Waals surface area (Å²) in [7, 11) is 0. The number of carbonyl (C=O) groups excluding carboxylic acids is 1. The van der Waals surface area contributed by atoms with Crippen molar-refractivity contribution in [1.82, 2.24) is 0 Å². The number of nitriles is 1. The zero-order valence-electron chi connectivity index (χ0n) is 9.03. The van der Waals surface area contributed by atoms with Crippen LogP contribution in [0.4, 0.5) is 0 Å². The van der Waals surface area contributed by atoms with E-state index in [0.717, 1.165) is 21.9 Å². The number of hydrogen-bond acceptors (Lipinski definition) is 2. The SMILES string of the molecule is CC(=O)c1cccc2cc(CC#N)ccc12. The van der Waals surface area contributed by atoms with Crippen LogP contribution in [0.2, 0.25) is 0 Å². The van der Waals surface area contributed by atoms with Crippen molar-refractivity contribution in [3.05, 3.63) is 47.5 Å². The molecule has 0 amide bonds. The van der Waals surface area contributed by atoms with Crippen LogP contribution >= 0.6 is 0 Å². The van der Waals surface area contributed by atoms with Gasteiger partial charge in [-0.25, -0.2) is 0 Å². The van der Waals surface area contributed by atoms with Gasteiger partial charge in [0.15, 0.2) is 5.78 Å². The van der Waals surface area contributed by atoms with E-state index in [0.29, 0.717) is 6.42 Å². The molecule has 0 unspecified atom stereocenters. The maximum absolute atomic E-state index is 11.4. The standard InChI is InChI=1S/C14H11NO/c1-10(16)13-4-2-3-12-9-11(7-8-15)5-6-14(12)13/h2-6,9H,7H2,1H3. The lowest BCUT2D eigenvalue weighted by molar-refractivity contribution is 0.101. The summed E-state index contributed by atoms with van der Waals surface area (Å²) in [6, 6.07) is 13.6. The highest BCUT2D eigenvalue weighted by atomic mass is 16.1. The fourth-order valence-corrected chi connectivity index (χ4v) is 1.84. The van der Waals surface area contributed by atoms with Gasteiger partial charge in [-0.1, -0.05) is 36.4 Å². The minimum absolute atomic E-state index is 0.0682. The molecule has 0 atom stereocenters. The van der Waals surface area contributed by atoms with Crippen LogP contribution in [0.5, 0.6) is 0 Å². The molecule has 0 saturated carbocycles. The van der Waals surface area contributed by atoms with Gasteiger partial charge in [0.05, 0.1) is 12.5 Å². The average Bonchev–Trinajstić information content (AvgIpc) is 2.28. The third-order valence-corrected chi connectivity index (χ3v) is 2.61. The van der Waals surface area contributed by atoms with E-state index in [1.165, 1.54) is 0 Å². The zero-order chi connectivity index (χ0) is 11.5. The summed E-state index contributed by atoms with van der Waals surface area (Å²) >= 11 is 0. The van der Waals surface area contributed by atoms with Crippen molar-refractivity contribution < 1.29 is 4.79 Å². The molecule has 0 heterocycles. The summed E-state index contributed by atoms with van der Waals surface area (Å²) in [4.78, 5) is 11.4. The number of Topliss-reactive ketones (excluding diaryl/α,β-unsaturated/α-hetero) is 1. The monoisotopic (exact) mass is 209 g/mol. The van der Waals surface area contributed by atoms with Crippen LogP contribution in [0.3, 0.4) is 0 Å². The molecule has 0 bridgehead atoms. The second-order valence-corrected chi connectivity index (χ2v) is 3.75. The van der Waals surface area contributed by atoms with Gasteiger partial charge in [0.25, 0.3) is 0 Å². The summed E-state index contributed by atoms with van der Waals surface area (Å²) in [5, 5.41) is 10.6. The maximum atomic E-state index is 11.4. The Kier molecular flexibility index (Phi) is 2.70. The Bertz CT molecular complexity index is 593. The molecule has 0 spiro atoms. The Morgan fingerprint density at radius 1 is 1.31 bits per heavy atom. The fourth-order valence-electron chi connectivity index (χ4n) is 1.84. The molecule has 0 fully saturated rings. The summed E-state index contributed by atoms with van der Waals surface area (Å²) in [5.41, 5.74) is 1.72. The van der Waals surface area contributed by atoms with Crippen LogP contribution in [0, 0.1) is 11.3 Å². The first kappa shape index (κ1) is 10.4. The molecule has 2 heteroatoms. The first-order valence-electron chi connectivity index (χ1n) is 5.12. The molecule has 0 saturated heterocycles. The number of carbonyl (C=O) groups is 1. The van der Waals surface area contributed by atoms with E-state index in [4.69, 9.17) is 5.26 Å². The van der Waals surface area contributed by atoms with Crippen LogP contribution in [-0.4, -0.2) is 5.78 Å². The van der Waals surface area contributed by atoms with Gasteiger partial charge < -0.3 is 0 Å². The van der Waals surface area contributed by atoms with E-state index in [2.05, 4.69) is 6.07 Å². The van der Waals surface area contributed by atoms with Crippen LogP contribution in [0.1, 0.15) is 22.8 Å². The third-order valence-electron chi connectivity index (χ3n) is 2.61. The van der Waals surface area contributed by atoms with Gasteiger partial charge in [-0.2, -0.15) is 5.26 Å². The number of fused-ring (bicyclic) bond motifs is 1. The van der Waals surface area contributed by atoms with Crippen molar-refractivity contribution in [2.45, 2.75) is 13.3 Å². The van der Waals surface area contributed by atoms with Crippen LogP contribution < -0.4 is 0 Å². The number of rotatable bonds is 2. The smallest absolute Gasteiger partial charge is 0.160 e. The molecule has 2 aromatic rings. The lowest BCUT2D eigenvalue weighted by Crippen LogP contribution is -1.93. The van der Waals surface area contributed by atoms with Crippen molar-refractivity contribution >= 4 is 16.6 Å². The first-order valence-corrected chi connectivity index (χ1v) is 5.12. The zero-order valence-corrected chi connectivity index (χ0v) is 9.03. The van der Waals surface area contributed by atoms with Gasteiger partial charge in [-0.15, -0.1) is 0 Å². The van der Waals surface area contributed by atoms with Crippen LogP contribution in [-0.2, 0) is 6.42 Å². The van der Waals surface area contributed by atoms with E-state index in [-0.39, 0.29) is 5.78 Å². The van der Waals surface area contributed by atoms with Gasteiger partial charge in [-0.3, -0.25) is 4.79 Å². The summed E-state index contributed by atoms with van der Waals surface area (Å²) < 4.78 is 0.